The molecule has 1 aliphatic heterocycles. The molecule has 1 atom stereocenters. The van der Waals surface area contributed by atoms with E-state index in [1.807, 2.05) is 24.8 Å². The second-order valence-electron chi connectivity index (χ2n) is 3.64. The number of nitrogens with one attached hydrogen (secondary N) is 1. The third-order valence-electron chi connectivity index (χ3n) is 2.38. The van der Waals surface area contributed by atoms with Crippen LogP contribution in [0.5, 0.6) is 0 Å². The lowest BCUT2D eigenvalue weighted by molar-refractivity contribution is 0.659. The van der Waals surface area contributed by atoms with E-state index in [0.717, 1.165) is 11.5 Å². The van der Waals surface area contributed by atoms with Crippen molar-refractivity contribution in [1.82, 2.24) is 9.97 Å². The fourth-order valence-electron chi connectivity index (χ4n) is 1.71. The fourth-order valence-corrected chi connectivity index (χ4v) is 3.24. The highest BCUT2D eigenvalue weighted by Crippen LogP contribution is 2.36. The Morgan fingerprint density at radius 3 is 3.07 bits per heavy atom. The van der Waals surface area contributed by atoms with Gasteiger partial charge in [0.2, 0.25) is 0 Å². The van der Waals surface area contributed by atoms with E-state index < -0.39 is 0 Å². The summed E-state index contributed by atoms with van der Waals surface area (Å²) in [6.07, 6.45) is 3.88. The summed E-state index contributed by atoms with van der Waals surface area (Å²) < 4.78 is 0.711. The number of aryl methyl sites for hydroxylation is 1. The molecule has 14 heavy (non-hydrogen) atoms. The Labute approximate surface area is 93.5 Å². The summed E-state index contributed by atoms with van der Waals surface area (Å²) in [5, 5.41) is 0.533. The van der Waals surface area contributed by atoms with Gasteiger partial charge < -0.3 is 4.98 Å². The van der Waals surface area contributed by atoms with Crippen molar-refractivity contribution in [3.8, 4) is 0 Å². The van der Waals surface area contributed by atoms with E-state index in [0.29, 0.717) is 9.89 Å². The van der Waals surface area contributed by atoms with Crippen LogP contribution in [-0.4, -0.2) is 15.7 Å². The molecule has 4 heteroatoms. The summed E-state index contributed by atoms with van der Waals surface area (Å²) in [4.78, 5) is 7.72. The summed E-state index contributed by atoms with van der Waals surface area (Å²) in [5.74, 6) is 2.32. The van der Waals surface area contributed by atoms with Crippen molar-refractivity contribution in [2.75, 3.05) is 5.75 Å². The van der Waals surface area contributed by atoms with Crippen molar-refractivity contribution < 1.29 is 0 Å². The number of H-pyrrole nitrogens is 1. The Kier molecular flexibility index (Phi) is 3.23. The second kappa shape index (κ2) is 4.45. The van der Waals surface area contributed by atoms with Crippen molar-refractivity contribution in [2.45, 2.75) is 31.4 Å². The van der Waals surface area contributed by atoms with Crippen LogP contribution in [0.25, 0.3) is 0 Å². The van der Waals surface area contributed by atoms with Crippen molar-refractivity contribution in [2.24, 2.45) is 0 Å². The first-order valence-electron chi connectivity index (χ1n) is 4.95. The van der Waals surface area contributed by atoms with Gasteiger partial charge in [0, 0.05) is 5.69 Å². The highest BCUT2D eigenvalue weighted by Gasteiger charge is 2.17. The van der Waals surface area contributed by atoms with Gasteiger partial charge in [-0.05, 0) is 31.6 Å². The zero-order chi connectivity index (χ0) is 9.97. The molecule has 1 unspecified atom stereocenters. The van der Waals surface area contributed by atoms with E-state index in [1.165, 1.54) is 25.0 Å². The number of aromatic amines is 1. The van der Waals surface area contributed by atoms with E-state index in [4.69, 9.17) is 12.2 Å². The van der Waals surface area contributed by atoms with Crippen LogP contribution in [0.2, 0.25) is 0 Å². The summed E-state index contributed by atoms with van der Waals surface area (Å²) >= 11 is 7.11. The van der Waals surface area contributed by atoms with E-state index >= 15 is 0 Å². The molecule has 1 N–H and O–H groups in total. The summed E-state index contributed by atoms with van der Waals surface area (Å²) in [6.45, 7) is 2.04. The molecule has 76 valence electrons. The molecule has 1 aliphatic rings. The average molecular weight is 226 g/mol. The Bertz CT molecular complexity index is 367. The number of aromatic nitrogens is 2. The average Bonchev–Trinajstić information content (AvgIpc) is 2.18. The molecule has 0 aromatic carbocycles. The maximum atomic E-state index is 5.12. The van der Waals surface area contributed by atoms with E-state index in [2.05, 4.69) is 9.97 Å². The quantitative estimate of drug-likeness (QED) is 0.744. The lowest BCUT2D eigenvalue weighted by Crippen LogP contribution is -2.07. The van der Waals surface area contributed by atoms with Crippen LogP contribution in [0.3, 0.4) is 0 Å². The van der Waals surface area contributed by atoms with Gasteiger partial charge >= 0.3 is 0 Å². The zero-order valence-corrected chi connectivity index (χ0v) is 9.88. The molecule has 0 radical (unpaired) electrons. The molecule has 2 heterocycles. The van der Waals surface area contributed by atoms with Crippen LogP contribution < -0.4 is 0 Å². The lowest BCUT2D eigenvalue weighted by Gasteiger charge is -2.20. The Balaban J connectivity index is 2.26. The van der Waals surface area contributed by atoms with Crippen LogP contribution in [0.1, 0.15) is 36.0 Å². The highest BCUT2D eigenvalue weighted by atomic mass is 32.2. The Morgan fingerprint density at radius 1 is 1.57 bits per heavy atom. The molecule has 1 aromatic rings. The maximum absolute atomic E-state index is 5.12. The normalized spacial score (nSPS) is 22.2. The number of nitrogens with zero attached hydrogens (tertiary/aromatic N) is 1. The van der Waals surface area contributed by atoms with Gasteiger partial charge in [-0.3, -0.25) is 0 Å². The van der Waals surface area contributed by atoms with Crippen molar-refractivity contribution in [3.63, 3.8) is 0 Å². The first-order valence-corrected chi connectivity index (χ1v) is 6.41. The fraction of sp³-hybridized carbons (Fsp3) is 0.600. The molecule has 2 nitrogen and oxygen atoms in total. The second-order valence-corrected chi connectivity index (χ2v) is 5.37. The van der Waals surface area contributed by atoms with Crippen molar-refractivity contribution in [1.29, 1.82) is 0 Å². The van der Waals surface area contributed by atoms with Gasteiger partial charge in [0.05, 0.1) is 5.25 Å². The molecule has 1 saturated heterocycles. The number of hydrogen-bond donors (Lipinski definition) is 1. The molecule has 1 aromatic heterocycles. The predicted molar refractivity (Wildman–Crippen MR) is 63.2 cm³/mol. The third kappa shape index (κ3) is 2.36. The monoisotopic (exact) mass is 226 g/mol. The Morgan fingerprint density at radius 2 is 2.43 bits per heavy atom. The SMILES string of the molecule is Cc1cc(=S)nc(C2CCCCS2)[nH]1. The summed E-state index contributed by atoms with van der Waals surface area (Å²) in [6, 6.07) is 1.91. The minimum Gasteiger partial charge on any atom is -0.346 e. The van der Waals surface area contributed by atoms with Crippen molar-refractivity contribution in [3.05, 3.63) is 22.2 Å². The molecule has 0 saturated carbocycles. The molecule has 0 amide bonds. The van der Waals surface area contributed by atoms with Crippen LogP contribution in [0, 0.1) is 11.6 Å². The van der Waals surface area contributed by atoms with Gasteiger partial charge in [-0.2, -0.15) is 11.8 Å². The van der Waals surface area contributed by atoms with Crippen molar-refractivity contribution >= 4 is 24.0 Å². The zero-order valence-electron chi connectivity index (χ0n) is 8.25. The molecule has 1 fully saturated rings. The van der Waals surface area contributed by atoms with Crippen LogP contribution in [0.4, 0.5) is 0 Å². The minimum absolute atomic E-state index is 0.533. The molecule has 2 rings (SSSR count). The molecular weight excluding hydrogens is 212 g/mol. The first kappa shape index (κ1) is 10.2. The van der Waals surface area contributed by atoms with Crippen LogP contribution in [-0.2, 0) is 0 Å². The number of thioether (sulfide) groups is 1. The predicted octanol–water partition coefficient (Wildman–Crippen LogP) is 3.41. The lowest BCUT2D eigenvalue weighted by atomic mass is 10.2. The van der Waals surface area contributed by atoms with Gasteiger partial charge in [-0.25, -0.2) is 4.98 Å². The third-order valence-corrected chi connectivity index (χ3v) is 3.98. The topological polar surface area (TPSA) is 28.7 Å². The Hall–Kier alpha value is -0.350. The summed E-state index contributed by atoms with van der Waals surface area (Å²) in [7, 11) is 0. The molecule has 0 bridgehead atoms. The largest absolute Gasteiger partial charge is 0.346 e. The molecule has 0 aliphatic carbocycles. The highest BCUT2D eigenvalue weighted by molar-refractivity contribution is 7.99. The van der Waals surface area contributed by atoms with Gasteiger partial charge in [0.15, 0.2) is 0 Å². The standard InChI is InChI=1S/C10H14N2S2/c1-7-6-9(13)12-10(11-7)8-4-2-3-5-14-8/h6,8H,2-5H2,1H3,(H,11,12,13). The van der Waals surface area contributed by atoms with E-state index in [1.54, 1.807) is 0 Å². The van der Waals surface area contributed by atoms with Gasteiger partial charge in [-0.15, -0.1) is 0 Å². The van der Waals surface area contributed by atoms with Crippen LogP contribution >= 0.6 is 24.0 Å². The smallest absolute Gasteiger partial charge is 0.130 e. The number of hydrogen-bond acceptors (Lipinski definition) is 3. The molecule has 0 spiro atoms. The van der Waals surface area contributed by atoms with Crippen LogP contribution in [0.15, 0.2) is 6.07 Å². The first-order chi connectivity index (χ1) is 6.75. The minimum atomic E-state index is 0.533. The summed E-state index contributed by atoms with van der Waals surface area (Å²) in [5.41, 5.74) is 1.12. The van der Waals surface area contributed by atoms with E-state index in [9.17, 15) is 0 Å². The van der Waals surface area contributed by atoms with Gasteiger partial charge in [-0.1, -0.05) is 18.6 Å². The maximum Gasteiger partial charge on any atom is 0.130 e. The van der Waals surface area contributed by atoms with E-state index in [-0.39, 0.29) is 0 Å². The molecular formula is C10H14N2S2. The van der Waals surface area contributed by atoms with Gasteiger partial charge in [0.1, 0.15) is 10.5 Å². The number of rotatable bonds is 1. The van der Waals surface area contributed by atoms with Gasteiger partial charge in [0.25, 0.3) is 0 Å².